The van der Waals surface area contributed by atoms with E-state index in [4.69, 9.17) is 5.73 Å². The molecule has 0 spiro atoms. The van der Waals surface area contributed by atoms with Crippen molar-refractivity contribution in [2.24, 2.45) is 5.73 Å². The third-order valence-corrected chi connectivity index (χ3v) is 2.80. The molecule has 0 radical (unpaired) electrons. The van der Waals surface area contributed by atoms with Gasteiger partial charge in [-0.05, 0) is 37.3 Å². The summed E-state index contributed by atoms with van der Waals surface area (Å²) in [5, 5.41) is 12.0. The van der Waals surface area contributed by atoms with E-state index >= 15 is 0 Å². The Bertz CT molecular complexity index is 681. The van der Waals surface area contributed by atoms with Crippen LogP contribution in [-0.4, -0.2) is 16.9 Å². The predicted octanol–water partition coefficient (Wildman–Crippen LogP) is 2.05. The average Bonchev–Trinajstić information content (AvgIpc) is 2.40. The van der Waals surface area contributed by atoms with Crippen LogP contribution in [0.25, 0.3) is 0 Å². The van der Waals surface area contributed by atoms with Gasteiger partial charge in [0.1, 0.15) is 5.75 Å². The molecule has 0 heterocycles. The van der Waals surface area contributed by atoms with E-state index < -0.39 is 11.8 Å². The summed E-state index contributed by atoms with van der Waals surface area (Å²) in [6, 6.07) is 10.9. The van der Waals surface area contributed by atoms with Gasteiger partial charge in [-0.1, -0.05) is 17.7 Å². The van der Waals surface area contributed by atoms with Crippen LogP contribution in [0.3, 0.4) is 0 Å². The van der Waals surface area contributed by atoms with Crippen molar-refractivity contribution >= 4 is 17.5 Å². The average molecular weight is 270 g/mol. The zero-order valence-electron chi connectivity index (χ0n) is 10.9. The Hall–Kier alpha value is -2.82. The third-order valence-electron chi connectivity index (χ3n) is 2.80. The normalized spacial score (nSPS) is 10.1. The molecule has 0 fully saturated rings. The van der Waals surface area contributed by atoms with E-state index in [2.05, 4.69) is 5.32 Å². The number of aryl methyl sites for hydroxylation is 1. The molecule has 102 valence electrons. The van der Waals surface area contributed by atoms with Crippen LogP contribution in [0.2, 0.25) is 0 Å². The second-order valence-corrected chi connectivity index (χ2v) is 4.42. The molecule has 0 atom stereocenters. The Morgan fingerprint density at radius 2 is 1.90 bits per heavy atom. The second-order valence-electron chi connectivity index (χ2n) is 4.42. The van der Waals surface area contributed by atoms with Gasteiger partial charge in [-0.25, -0.2) is 0 Å². The molecule has 0 aliphatic heterocycles. The minimum Gasteiger partial charge on any atom is -0.508 e. The number of benzene rings is 2. The highest BCUT2D eigenvalue weighted by Crippen LogP contribution is 2.19. The maximum Gasteiger partial charge on any atom is 0.255 e. The first-order valence-electron chi connectivity index (χ1n) is 5.98. The van der Waals surface area contributed by atoms with Crippen LogP contribution in [0.4, 0.5) is 5.69 Å². The standard InChI is InChI=1S/C15H14N2O3/c1-9-5-6-13(12(7-9)14(16)19)17-15(20)10-3-2-4-11(18)8-10/h2-8,18H,1H3,(H2,16,19)(H,17,20). The number of nitrogens with one attached hydrogen (secondary N) is 1. The van der Waals surface area contributed by atoms with Gasteiger partial charge in [0.2, 0.25) is 0 Å². The third kappa shape index (κ3) is 2.95. The molecule has 5 heteroatoms. The van der Waals surface area contributed by atoms with Crippen LogP contribution in [-0.2, 0) is 0 Å². The quantitative estimate of drug-likeness (QED) is 0.797. The summed E-state index contributed by atoms with van der Waals surface area (Å²) in [6.45, 7) is 1.83. The number of carbonyl (C=O) groups is 2. The Labute approximate surface area is 116 Å². The van der Waals surface area contributed by atoms with Crippen molar-refractivity contribution in [1.29, 1.82) is 0 Å². The van der Waals surface area contributed by atoms with Crippen LogP contribution >= 0.6 is 0 Å². The van der Waals surface area contributed by atoms with Crippen LogP contribution in [0.1, 0.15) is 26.3 Å². The van der Waals surface area contributed by atoms with Crippen molar-refractivity contribution in [3.8, 4) is 5.75 Å². The van der Waals surface area contributed by atoms with Gasteiger partial charge in [-0.15, -0.1) is 0 Å². The number of phenolic OH excluding ortho intramolecular Hbond substituents is 1. The number of primary amides is 1. The molecule has 0 aliphatic rings. The molecule has 2 aromatic rings. The molecule has 2 rings (SSSR count). The van der Waals surface area contributed by atoms with E-state index in [-0.39, 0.29) is 11.3 Å². The number of amides is 2. The van der Waals surface area contributed by atoms with Gasteiger partial charge in [0.25, 0.3) is 11.8 Å². The van der Waals surface area contributed by atoms with Crippen molar-refractivity contribution in [2.45, 2.75) is 6.92 Å². The topological polar surface area (TPSA) is 92.4 Å². The lowest BCUT2D eigenvalue weighted by Gasteiger charge is -2.10. The van der Waals surface area contributed by atoms with Crippen LogP contribution in [0, 0.1) is 6.92 Å². The van der Waals surface area contributed by atoms with Crippen molar-refractivity contribution < 1.29 is 14.7 Å². The van der Waals surface area contributed by atoms with E-state index in [9.17, 15) is 14.7 Å². The van der Waals surface area contributed by atoms with Crippen molar-refractivity contribution in [1.82, 2.24) is 0 Å². The minimum atomic E-state index is -0.611. The molecule has 2 amide bonds. The summed E-state index contributed by atoms with van der Waals surface area (Å²) >= 11 is 0. The summed E-state index contributed by atoms with van der Waals surface area (Å²) < 4.78 is 0. The van der Waals surface area contributed by atoms with Gasteiger partial charge in [-0.2, -0.15) is 0 Å². The molecule has 20 heavy (non-hydrogen) atoms. The fraction of sp³-hybridized carbons (Fsp3) is 0.0667. The number of hydrogen-bond acceptors (Lipinski definition) is 3. The van der Waals surface area contributed by atoms with Gasteiger partial charge in [0.15, 0.2) is 0 Å². The number of anilines is 1. The summed E-state index contributed by atoms with van der Waals surface area (Å²) in [6.07, 6.45) is 0. The zero-order chi connectivity index (χ0) is 14.7. The number of rotatable bonds is 3. The number of phenols is 1. The number of carbonyl (C=O) groups excluding carboxylic acids is 2. The molecule has 5 nitrogen and oxygen atoms in total. The van der Waals surface area contributed by atoms with E-state index in [1.807, 2.05) is 6.92 Å². The first-order valence-corrected chi connectivity index (χ1v) is 5.98. The SMILES string of the molecule is Cc1ccc(NC(=O)c2cccc(O)c2)c(C(N)=O)c1. The molecule has 4 N–H and O–H groups in total. The van der Waals surface area contributed by atoms with Crippen LogP contribution in [0.15, 0.2) is 42.5 Å². The molecule has 0 aromatic heterocycles. The van der Waals surface area contributed by atoms with Gasteiger partial charge in [-0.3, -0.25) is 9.59 Å². The first-order chi connectivity index (χ1) is 9.47. The minimum absolute atomic E-state index is 0.00307. The highest BCUT2D eigenvalue weighted by molar-refractivity contribution is 6.08. The molecule has 0 aliphatic carbocycles. The number of nitrogens with two attached hydrogens (primary N) is 1. The fourth-order valence-electron chi connectivity index (χ4n) is 1.81. The van der Waals surface area contributed by atoms with E-state index in [0.29, 0.717) is 11.3 Å². The summed E-state index contributed by atoms with van der Waals surface area (Å²) in [4.78, 5) is 23.4. The van der Waals surface area contributed by atoms with Gasteiger partial charge in [0, 0.05) is 5.56 Å². The highest BCUT2D eigenvalue weighted by Gasteiger charge is 2.12. The predicted molar refractivity (Wildman–Crippen MR) is 75.8 cm³/mol. The molecular formula is C15H14N2O3. The van der Waals surface area contributed by atoms with Crippen molar-refractivity contribution in [3.63, 3.8) is 0 Å². The lowest BCUT2D eigenvalue weighted by Crippen LogP contribution is -2.18. The molecule has 0 saturated carbocycles. The van der Waals surface area contributed by atoms with Crippen LogP contribution < -0.4 is 11.1 Å². The Balaban J connectivity index is 2.30. The van der Waals surface area contributed by atoms with Gasteiger partial charge < -0.3 is 16.2 Å². The molecular weight excluding hydrogens is 256 g/mol. The maximum atomic E-state index is 12.1. The van der Waals surface area contributed by atoms with Gasteiger partial charge >= 0.3 is 0 Å². The lowest BCUT2D eigenvalue weighted by molar-refractivity contribution is 0.100. The monoisotopic (exact) mass is 270 g/mol. The number of aromatic hydroxyl groups is 1. The highest BCUT2D eigenvalue weighted by atomic mass is 16.3. The van der Waals surface area contributed by atoms with E-state index in [1.54, 1.807) is 30.3 Å². The molecule has 0 saturated heterocycles. The van der Waals surface area contributed by atoms with Gasteiger partial charge in [0.05, 0.1) is 11.3 Å². The van der Waals surface area contributed by atoms with E-state index in [1.165, 1.54) is 12.1 Å². The summed E-state index contributed by atoms with van der Waals surface area (Å²) in [7, 11) is 0. The fourth-order valence-corrected chi connectivity index (χ4v) is 1.81. The second kappa shape index (κ2) is 5.44. The molecule has 0 unspecified atom stereocenters. The largest absolute Gasteiger partial charge is 0.508 e. The van der Waals surface area contributed by atoms with Crippen LogP contribution in [0.5, 0.6) is 5.75 Å². The molecule has 2 aromatic carbocycles. The lowest BCUT2D eigenvalue weighted by atomic mass is 10.1. The Morgan fingerprint density at radius 3 is 2.55 bits per heavy atom. The summed E-state index contributed by atoms with van der Waals surface area (Å²) in [5.41, 5.74) is 7.05. The Morgan fingerprint density at radius 1 is 1.15 bits per heavy atom. The zero-order valence-corrected chi connectivity index (χ0v) is 10.9. The van der Waals surface area contributed by atoms with E-state index in [0.717, 1.165) is 5.56 Å². The van der Waals surface area contributed by atoms with Crippen molar-refractivity contribution in [3.05, 3.63) is 59.2 Å². The first kappa shape index (κ1) is 13.6. The van der Waals surface area contributed by atoms with Crippen molar-refractivity contribution in [2.75, 3.05) is 5.32 Å². The smallest absolute Gasteiger partial charge is 0.255 e. The molecule has 0 bridgehead atoms. The summed E-state index contributed by atoms with van der Waals surface area (Å²) in [5.74, 6) is -1.04. The number of hydrogen-bond donors (Lipinski definition) is 3. The maximum absolute atomic E-state index is 12.1. The Kier molecular flexibility index (Phi) is 3.70.